The third-order valence-corrected chi connectivity index (χ3v) is 1.87. The highest BCUT2D eigenvalue weighted by Crippen LogP contribution is 1.89. The van der Waals surface area contributed by atoms with Crippen LogP contribution in [-0.4, -0.2) is 38.8 Å². The molecule has 0 spiro atoms. The minimum Gasteiger partial charge on any atom is -0.385 e. The van der Waals surface area contributed by atoms with Crippen LogP contribution in [0, 0.1) is 0 Å². The third kappa shape index (κ3) is 8.01. The van der Waals surface area contributed by atoms with Gasteiger partial charge in [-0.3, -0.25) is 4.79 Å². The van der Waals surface area contributed by atoms with Crippen LogP contribution < -0.4 is 10.6 Å². The van der Waals surface area contributed by atoms with E-state index in [1.54, 1.807) is 7.11 Å². The summed E-state index contributed by atoms with van der Waals surface area (Å²) in [5, 5.41) is 5.95. The molecule has 0 heterocycles. The van der Waals surface area contributed by atoms with Crippen molar-refractivity contribution < 1.29 is 9.53 Å². The van der Waals surface area contributed by atoms with Gasteiger partial charge in [0.25, 0.3) is 0 Å². The maximum absolute atomic E-state index is 11.3. The Bertz CT molecular complexity index is 151. The molecule has 1 unspecified atom stereocenters. The zero-order valence-corrected chi connectivity index (χ0v) is 9.43. The van der Waals surface area contributed by atoms with Crippen molar-refractivity contribution in [3.05, 3.63) is 0 Å². The van der Waals surface area contributed by atoms with E-state index in [4.69, 9.17) is 4.74 Å². The summed E-state index contributed by atoms with van der Waals surface area (Å²) in [5.41, 5.74) is 0. The Kier molecular flexibility index (Phi) is 8.57. The van der Waals surface area contributed by atoms with Crippen LogP contribution in [0.25, 0.3) is 0 Å². The van der Waals surface area contributed by atoms with Gasteiger partial charge in [0.05, 0.1) is 6.54 Å². The average molecular weight is 202 g/mol. The molecule has 0 aromatic heterocycles. The van der Waals surface area contributed by atoms with Crippen LogP contribution >= 0.6 is 0 Å². The molecule has 0 aliphatic carbocycles. The number of methoxy groups -OCH3 is 1. The smallest absolute Gasteiger partial charge is 0.234 e. The van der Waals surface area contributed by atoms with Gasteiger partial charge in [-0.15, -0.1) is 0 Å². The monoisotopic (exact) mass is 202 g/mol. The number of carbonyl (C=O) groups excluding carboxylic acids is 1. The number of hydrogen-bond acceptors (Lipinski definition) is 3. The molecular weight excluding hydrogens is 180 g/mol. The number of amides is 1. The van der Waals surface area contributed by atoms with Gasteiger partial charge in [-0.05, 0) is 26.3 Å². The predicted molar refractivity (Wildman–Crippen MR) is 57.3 cm³/mol. The van der Waals surface area contributed by atoms with Crippen LogP contribution in [0.5, 0.6) is 0 Å². The summed E-state index contributed by atoms with van der Waals surface area (Å²) in [6.07, 6.45) is 1.91. The first-order valence-electron chi connectivity index (χ1n) is 5.19. The van der Waals surface area contributed by atoms with Crippen LogP contribution in [0.2, 0.25) is 0 Å². The molecule has 0 radical (unpaired) electrons. The van der Waals surface area contributed by atoms with Crippen LogP contribution in [0.15, 0.2) is 0 Å². The van der Waals surface area contributed by atoms with Crippen molar-refractivity contribution >= 4 is 5.91 Å². The van der Waals surface area contributed by atoms with Gasteiger partial charge in [0.15, 0.2) is 0 Å². The van der Waals surface area contributed by atoms with E-state index in [0.717, 1.165) is 19.4 Å². The Balaban J connectivity index is 3.40. The van der Waals surface area contributed by atoms with E-state index in [0.29, 0.717) is 13.2 Å². The highest BCUT2D eigenvalue weighted by molar-refractivity contribution is 5.78. The van der Waals surface area contributed by atoms with E-state index < -0.39 is 0 Å². The fourth-order valence-corrected chi connectivity index (χ4v) is 1.07. The molecule has 4 nitrogen and oxygen atoms in total. The van der Waals surface area contributed by atoms with Crippen molar-refractivity contribution in [2.75, 3.05) is 26.8 Å². The molecule has 0 saturated heterocycles. The van der Waals surface area contributed by atoms with Crippen molar-refractivity contribution in [3.63, 3.8) is 0 Å². The molecular formula is C10H22N2O2. The highest BCUT2D eigenvalue weighted by Gasteiger charge is 2.05. The minimum atomic E-state index is 0.0575. The van der Waals surface area contributed by atoms with E-state index in [1.165, 1.54) is 0 Å². The Morgan fingerprint density at radius 1 is 1.50 bits per heavy atom. The normalized spacial score (nSPS) is 12.5. The molecule has 1 atom stereocenters. The maximum Gasteiger partial charge on any atom is 0.234 e. The molecule has 0 rings (SSSR count). The summed E-state index contributed by atoms with van der Waals surface area (Å²) in [7, 11) is 1.66. The van der Waals surface area contributed by atoms with Gasteiger partial charge in [0.1, 0.15) is 0 Å². The molecule has 0 saturated carbocycles. The molecule has 84 valence electrons. The maximum atomic E-state index is 11.3. The summed E-state index contributed by atoms with van der Waals surface area (Å²) in [4.78, 5) is 11.3. The molecule has 1 amide bonds. The Labute approximate surface area is 86.4 Å². The topological polar surface area (TPSA) is 50.4 Å². The zero-order valence-electron chi connectivity index (χ0n) is 9.43. The largest absolute Gasteiger partial charge is 0.385 e. The average Bonchev–Trinajstić information content (AvgIpc) is 2.15. The molecule has 0 aliphatic heterocycles. The third-order valence-electron chi connectivity index (χ3n) is 1.87. The lowest BCUT2D eigenvalue weighted by Gasteiger charge is -2.13. The summed E-state index contributed by atoms with van der Waals surface area (Å²) in [5.74, 6) is 0.0575. The molecule has 0 bridgehead atoms. The molecule has 2 N–H and O–H groups in total. The molecule has 0 aromatic carbocycles. The second-order valence-electron chi connectivity index (χ2n) is 3.43. The number of hydrogen-bond donors (Lipinski definition) is 2. The highest BCUT2D eigenvalue weighted by atomic mass is 16.5. The Morgan fingerprint density at radius 2 is 2.21 bits per heavy atom. The second kappa shape index (κ2) is 8.97. The SMILES string of the molecule is CCCNCC(=O)NC(C)CCOC. The van der Waals surface area contributed by atoms with E-state index in [2.05, 4.69) is 17.6 Å². The van der Waals surface area contributed by atoms with Crippen molar-refractivity contribution in [1.82, 2.24) is 10.6 Å². The fourth-order valence-electron chi connectivity index (χ4n) is 1.07. The molecule has 0 fully saturated rings. The number of ether oxygens (including phenoxy) is 1. The molecule has 14 heavy (non-hydrogen) atoms. The van der Waals surface area contributed by atoms with Gasteiger partial charge >= 0.3 is 0 Å². The van der Waals surface area contributed by atoms with Crippen LogP contribution in [0.3, 0.4) is 0 Å². The lowest BCUT2D eigenvalue weighted by Crippen LogP contribution is -2.39. The van der Waals surface area contributed by atoms with Crippen molar-refractivity contribution in [3.8, 4) is 0 Å². The van der Waals surface area contributed by atoms with E-state index in [-0.39, 0.29) is 11.9 Å². The van der Waals surface area contributed by atoms with Gasteiger partial charge < -0.3 is 15.4 Å². The van der Waals surface area contributed by atoms with E-state index in [9.17, 15) is 4.79 Å². The lowest BCUT2D eigenvalue weighted by atomic mass is 10.2. The van der Waals surface area contributed by atoms with Crippen LogP contribution in [-0.2, 0) is 9.53 Å². The Hall–Kier alpha value is -0.610. The van der Waals surface area contributed by atoms with E-state index >= 15 is 0 Å². The fraction of sp³-hybridized carbons (Fsp3) is 0.900. The van der Waals surface area contributed by atoms with Crippen molar-refractivity contribution in [2.45, 2.75) is 32.7 Å². The van der Waals surface area contributed by atoms with Crippen LogP contribution in [0.1, 0.15) is 26.7 Å². The first-order valence-corrected chi connectivity index (χ1v) is 5.19. The van der Waals surface area contributed by atoms with Crippen molar-refractivity contribution in [1.29, 1.82) is 0 Å². The lowest BCUT2D eigenvalue weighted by molar-refractivity contribution is -0.120. The number of nitrogens with one attached hydrogen (secondary N) is 2. The van der Waals surface area contributed by atoms with E-state index in [1.807, 2.05) is 6.92 Å². The van der Waals surface area contributed by atoms with Crippen LogP contribution in [0.4, 0.5) is 0 Å². The van der Waals surface area contributed by atoms with Gasteiger partial charge in [-0.25, -0.2) is 0 Å². The first-order chi connectivity index (χ1) is 6.70. The number of carbonyl (C=O) groups is 1. The minimum absolute atomic E-state index is 0.0575. The molecule has 0 aromatic rings. The number of rotatable bonds is 8. The Morgan fingerprint density at radius 3 is 2.79 bits per heavy atom. The zero-order chi connectivity index (χ0) is 10.8. The van der Waals surface area contributed by atoms with Gasteiger partial charge in [0, 0.05) is 19.8 Å². The predicted octanol–water partition coefficient (Wildman–Crippen LogP) is 0.527. The summed E-state index contributed by atoms with van der Waals surface area (Å²) in [6, 6.07) is 0.186. The summed E-state index contributed by atoms with van der Waals surface area (Å²) >= 11 is 0. The molecule has 4 heteroatoms. The second-order valence-corrected chi connectivity index (χ2v) is 3.43. The standard InChI is InChI=1S/C10H22N2O2/c1-4-6-11-8-10(13)12-9(2)5-7-14-3/h9,11H,4-8H2,1-3H3,(H,12,13). The van der Waals surface area contributed by atoms with Gasteiger partial charge in [0.2, 0.25) is 5.91 Å². The van der Waals surface area contributed by atoms with Crippen molar-refractivity contribution in [2.24, 2.45) is 0 Å². The van der Waals surface area contributed by atoms with Gasteiger partial charge in [-0.1, -0.05) is 6.92 Å². The summed E-state index contributed by atoms with van der Waals surface area (Å²) < 4.78 is 4.93. The summed E-state index contributed by atoms with van der Waals surface area (Å²) in [6.45, 7) is 6.04. The van der Waals surface area contributed by atoms with Gasteiger partial charge in [-0.2, -0.15) is 0 Å². The molecule has 0 aliphatic rings. The first kappa shape index (κ1) is 13.4. The quantitative estimate of drug-likeness (QED) is 0.564.